The molecular formula is C48H64O14. The van der Waals surface area contributed by atoms with Gasteiger partial charge in [-0.15, -0.1) is 0 Å². The number of cyclic esters (lactones) is 1. The van der Waals surface area contributed by atoms with Crippen molar-refractivity contribution in [2.24, 2.45) is 11.8 Å². The van der Waals surface area contributed by atoms with Crippen molar-refractivity contribution in [1.29, 1.82) is 0 Å². The molecule has 4 aliphatic heterocycles. The zero-order valence-electron chi connectivity index (χ0n) is 36.6. The molecule has 8 atom stereocenters. The van der Waals surface area contributed by atoms with E-state index in [0.717, 1.165) is 49.7 Å². The van der Waals surface area contributed by atoms with Crippen LogP contribution in [0, 0.1) is 11.8 Å². The summed E-state index contributed by atoms with van der Waals surface area (Å²) in [6, 6.07) is 5.29. The Morgan fingerprint density at radius 3 is 2.34 bits per heavy atom. The lowest BCUT2D eigenvalue weighted by atomic mass is 9.67. The second kappa shape index (κ2) is 22.1. The fourth-order valence-electron chi connectivity index (χ4n) is 9.21. The van der Waals surface area contributed by atoms with Crippen LogP contribution < -0.4 is 23.7 Å². The molecule has 0 saturated carbocycles. The standard InChI is InChI=1S/C48H64O14/c1-5-6-7-8-9-10-11-12-13-14-15-16-17-18-19-20-21-54-48(51)61-38-26-40(60-39-28-55-30(2)59-45(38)39)62-44-34-22-32-27-56-47(50)42(32)41(33(34)25-37-46(44)58-29-57-37)31-23-35(52-3)43(49)36(24-31)53-4/h9-10,12-13,23-25,30,32,38-42,45,49H,5-8,11,14-22,26-29H2,1-4H3/b10-9-,13-12-/t30-,32+,38-,39-,40+,41?,42?,45+/m1/s1. The number of fused-ring (bicyclic) bond motifs is 4. The van der Waals surface area contributed by atoms with Gasteiger partial charge in [-0.05, 0) is 81.2 Å². The molecule has 0 bridgehead atoms. The van der Waals surface area contributed by atoms with Crippen LogP contribution in [-0.2, 0) is 39.6 Å². The SMILES string of the molecule is CCCCC/C=C\C/C=C\CCCCCCCCOC(=O)O[C@@H]1C[C@H](Oc2c3c(cc4c2OCO4)C(c2cc(OC)c(O)c(OC)c2)C2C(=O)OC[C@@H]2C3)O[C@@H]2CO[C@@H](C)O[C@@H]12. The van der Waals surface area contributed by atoms with E-state index in [1.165, 1.54) is 52.7 Å². The summed E-state index contributed by atoms with van der Waals surface area (Å²) in [6.07, 6.45) is 19.0. The molecular weight excluding hydrogens is 801 g/mol. The molecule has 3 fully saturated rings. The van der Waals surface area contributed by atoms with Crippen molar-refractivity contribution in [3.63, 3.8) is 0 Å². The summed E-state index contributed by atoms with van der Waals surface area (Å²) in [7, 11) is 2.91. The number of aromatic hydroxyl groups is 1. The molecule has 0 radical (unpaired) electrons. The summed E-state index contributed by atoms with van der Waals surface area (Å²) < 4.78 is 65.2. The van der Waals surface area contributed by atoms with E-state index < -0.39 is 48.9 Å². The normalized spacial score (nSPS) is 26.2. The summed E-state index contributed by atoms with van der Waals surface area (Å²) in [5.41, 5.74) is 2.25. The molecule has 340 valence electrons. The number of carbonyl (C=O) groups is 2. The summed E-state index contributed by atoms with van der Waals surface area (Å²) in [5, 5.41) is 10.7. The van der Waals surface area contributed by atoms with Crippen LogP contribution in [0.1, 0.15) is 120 Å². The number of ether oxygens (including phenoxy) is 11. The van der Waals surface area contributed by atoms with Crippen molar-refractivity contribution in [3.8, 4) is 34.5 Å². The van der Waals surface area contributed by atoms with Gasteiger partial charge in [-0.3, -0.25) is 4.79 Å². The molecule has 2 unspecified atom stereocenters. The van der Waals surface area contributed by atoms with Crippen LogP contribution in [0.25, 0.3) is 0 Å². The van der Waals surface area contributed by atoms with Crippen LogP contribution in [0.2, 0.25) is 0 Å². The Kier molecular flexibility index (Phi) is 16.2. The van der Waals surface area contributed by atoms with Crippen LogP contribution >= 0.6 is 0 Å². The summed E-state index contributed by atoms with van der Waals surface area (Å²) >= 11 is 0. The minimum atomic E-state index is -0.909. The van der Waals surface area contributed by atoms with Gasteiger partial charge in [0.25, 0.3) is 0 Å². The van der Waals surface area contributed by atoms with Crippen LogP contribution in [0.15, 0.2) is 42.5 Å². The van der Waals surface area contributed by atoms with E-state index in [2.05, 4.69) is 31.2 Å². The highest BCUT2D eigenvalue weighted by atomic mass is 16.8. The van der Waals surface area contributed by atoms with Gasteiger partial charge in [0, 0.05) is 17.4 Å². The van der Waals surface area contributed by atoms with Crippen LogP contribution in [0.5, 0.6) is 34.5 Å². The number of methoxy groups -OCH3 is 2. The predicted molar refractivity (Wildman–Crippen MR) is 227 cm³/mol. The smallest absolute Gasteiger partial charge is 0.502 e. The van der Waals surface area contributed by atoms with E-state index in [9.17, 15) is 14.7 Å². The first-order valence-corrected chi connectivity index (χ1v) is 22.6. The highest BCUT2D eigenvalue weighted by Gasteiger charge is 2.51. The number of hydrogen-bond acceptors (Lipinski definition) is 14. The number of hydrogen-bond donors (Lipinski definition) is 1. The number of phenolic OH excluding ortho intramolecular Hbond substituents is 1. The molecule has 0 aromatic heterocycles. The first kappa shape index (κ1) is 45.4. The monoisotopic (exact) mass is 864 g/mol. The lowest BCUT2D eigenvalue weighted by Gasteiger charge is -2.44. The van der Waals surface area contributed by atoms with Crippen molar-refractivity contribution < 1.29 is 66.8 Å². The van der Waals surface area contributed by atoms with Crippen LogP contribution in [0.4, 0.5) is 4.79 Å². The molecule has 1 aliphatic carbocycles. The molecule has 0 spiro atoms. The summed E-state index contributed by atoms with van der Waals surface area (Å²) in [4.78, 5) is 26.5. The maximum absolute atomic E-state index is 13.4. The number of unbranched alkanes of at least 4 members (excludes halogenated alkanes) is 9. The van der Waals surface area contributed by atoms with Gasteiger partial charge < -0.3 is 57.2 Å². The molecule has 14 heteroatoms. The predicted octanol–water partition coefficient (Wildman–Crippen LogP) is 9.21. The van der Waals surface area contributed by atoms with Crippen molar-refractivity contribution >= 4 is 12.1 Å². The van der Waals surface area contributed by atoms with Crippen molar-refractivity contribution in [2.45, 2.75) is 141 Å². The maximum atomic E-state index is 13.4. The summed E-state index contributed by atoms with van der Waals surface area (Å²) in [6.45, 7) is 4.68. The Morgan fingerprint density at radius 2 is 1.60 bits per heavy atom. The van der Waals surface area contributed by atoms with Gasteiger partial charge in [-0.25, -0.2) is 4.79 Å². The van der Waals surface area contributed by atoms with E-state index in [-0.39, 0.29) is 62.2 Å². The van der Waals surface area contributed by atoms with E-state index in [4.69, 9.17) is 52.1 Å². The van der Waals surface area contributed by atoms with Gasteiger partial charge >= 0.3 is 12.1 Å². The highest BCUT2D eigenvalue weighted by molar-refractivity contribution is 5.79. The molecule has 4 heterocycles. The Balaban J connectivity index is 0.969. The topological polar surface area (TPSA) is 156 Å². The van der Waals surface area contributed by atoms with E-state index in [1.807, 2.05) is 6.07 Å². The molecule has 2 aromatic rings. The molecule has 2 aromatic carbocycles. The molecule has 7 rings (SSSR count). The first-order valence-electron chi connectivity index (χ1n) is 22.6. The fourth-order valence-corrected chi connectivity index (χ4v) is 9.21. The van der Waals surface area contributed by atoms with Gasteiger partial charge in [0.15, 0.2) is 29.3 Å². The highest BCUT2D eigenvalue weighted by Crippen LogP contribution is 2.56. The minimum Gasteiger partial charge on any atom is -0.502 e. The number of carbonyl (C=O) groups excluding carboxylic acids is 2. The van der Waals surface area contributed by atoms with E-state index in [0.29, 0.717) is 29.2 Å². The van der Waals surface area contributed by atoms with E-state index in [1.54, 1.807) is 19.1 Å². The quantitative estimate of drug-likeness (QED) is 0.0720. The zero-order valence-corrected chi connectivity index (χ0v) is 36.6. The average molecular weight is 865 g/mol. The minimum absolute atomic E-state index is 0.0302. The number of rotatable bonds is 21. The van der Waals surface area contributed by atoms with Gasteiger partial charge in [0.05, 0.1) is 46.4 Å². The third-order valence-corrected chi connectivity index (χ3v) is 12.4. The molecule has 3 saturated heterocycles. The number of phenols is 1. The second-order valence-corrected chi connectivity index (χ2v) is 16.7. The van der Waals surface area contributed by atoms with Crippen LogP contribution in [0.3, 0.4) is 0 Å². The third-order valence-electron chi connectivity index (χ3n) is 12.4. The molecule has 62 heavy (non-hydrogen) atoms. The first-order chi connectivity index (χ1) is 30.3. The third kappa shape index (κ3) is 10.9. The van der Waals surface area contributed by atoms with Gasteiger partial charge in [0.1, 0.15) is 18.3 Å². The van der Waals surface area contributed by atoms with Crippen molar-refractivity contribution in [1.82, 2.24) is 0 Å². The van der Waals surface area contributed by atoms with Crippen molar-refractivity contribution in [3.05, 3.63) is 59.2 Å². The number of allylic oxidation sites excluding steroid dienone is 4. The zero-order chi connectivity index (χ0) is 43.4. The van der Waals surface area contributed by atoms with Gasteiger partial charge in [-0.2, -0.15) is 0 Å². The Bertz CT molecular complexity index is 1850. The van der Waals surface area contributed by atoms with Crippen molar-refractivity contribution in [2.75, 3.05) is 40.8 Å². The molecule has 1 N–H and O–H groups in total. The summed E-state index contributed by atoms with van der Waals surface area (Å²) in [5.74, 6) is -0.0548. The largest absolute Gasteiger partial charge is 0.508 e. The average Bonchev–Trinajstić information content (AvgIpc) is 3.90. The Labute approximate surface area is 365 Å². The lowest BCUT2D eigenvalue weighted by molar-refractivity contribution is -0.320. The van der Waals surface area contributed by atoms with Gasteiger partial charge in [0.2, 0.25) is 24.6 Å². The molecule has 14 nitrogen and oxygen atoms in total. The Hall–Kier alpha value is -4.66. The number of esters is 1. The second-order valence-electron chi connectivity index (χ2n) is 16.7. The maximum Gasteiger partial charge on any atom is 0.508 e. The molecule has 5 aliphatic rings. The molecule has 0 amide bonds. The fraction of sp³-hybridized carbons (Fsp3) is 0.625. The lowest BCUT2D eigenvalue weighted by Crippen LogP contribution is -2.58. The van der Waals surface area contributed by atoms with Crippen LogP contribution in [-0.4, -0.2) is 89.0 Å². The Morgan fingerprint density at radius 1 is 0.871 bits per heavy atom. The van der Waals surface area contributed by atoms with Gasteiger partial charge in [-0.1, -0.05) is 69.8 Å². The van der Waals surface area contributed by atoms with E-state index >= 15 is 0 Å². The number of benzene rings is 2.